The van der Waals surface area contributed by atoms with E-state index in [0.717, 1.165) is 56.1 Å². The molecular formula is C31H40N4O7S. The number of piperidine rings is 1. The van der Waals surface area contributed by atoms with Gasteiger partial charge in [-0.2, -0.15) is 4.31 Å². The van der Waals surface area contributed by atoms with Crippen LogP contribution in [-0.4, -0.2) is 89.8 Å². The second-order valence-electron chi connectivity index (χ2n) is 10.8. The van der Waals surface area contributed by atoms with Crippen molar-refractivity contribution in [3.8, 4) is 5.69 Å². The first-order valence-electron chi connectivity index (χ1n) is 14.4. The molecule has 11 nitrogen and oxygen atoms in total. The predicted octanol–water partition coefficient (Wildman–Crippen LogP) is 3.02. The topological polar surface area (TPSA) is 141 Å². The molecule has 0 saturated carbocycles. The summed E-state index contributed by atoms with van der Waals surface area (Å²) in [7, 11) is -3.54. The molecule has 43 heavy (non-hydrogen) atoms. The van der Waals surface area contributed by atoms with Gasteiger partial charge < -0.3 is 24.8 Å². The minimum atomic E-state index is -3.54. The van der Waals surface area contributed by atoms with Crippen LogP contribution in [0.25, 0.3) is 5.69 Å². The number of nitrogens with one attached hydrogen (secondary N) is 1. The molecule has 0 amide bonds. The van der Waals surface area contributed by atoms with Crippen LogP contribution in [0.5, 0.6) is 0 Å². The van der Waals surface area contributed by atoms with Crippen molar-refractivity contribution >= 4 is 22.0 Å². The summed E-state index contributed by atoms with van der Waals surface area (Å²) >= 11 is 0. The number of morpholine rings is 1. The zero-order valence-corrected chi connectivity index (χ0v) is 25.4. The molecule has 0 aliphatic carbocycles. The highest BCUT2D eigenvalue weighted by Gasteiger charge is 2.27. The Hall–Kier alpha value is -3.55. The molecule has 0 radical (unpaired) electrons. The third kappa shape index (κ3) is 8.52. The van der Waals surface area contributed by atoms with Gasteiger partial charge in [-0.25, -0.2) is 18.0 Å². The summed E-state index contributed by atoms with van der Waals surface area (Å²) in [5.41, 5.74) is 5.76. The van der Waals surface area contributed by atoms with Gasteiger partial charge in [0.05, 0.1) is 18.1 Å². The Morgan fingerprint density at radius 3 is 2.19 bits per heavy atom. The van der Waals surface area contributed by atoms with Crippen molar-refractivity contribution < 1.29 is 33.0 Å². The summed E-state index contributed by atoms with van der Waals surface area (Å²) in [5.74, 6) is -3.65. The summed E-state index contributed by atoms with van der Waals surface area (Å²) in [6.45, 7) is 9.94. The van der Waals surface area contributed by atoms with Crippen LogP contribution in [0.3, 0.4) is 0 Å². The predicted molar refractivity (Wildman–Crippen MR) is 162 cm³/mol. The van der Waals surface area contributed by atoms with E-state index in [-0.39, 0.29) is 0 Å². The second-order valence-corrected chi connectivity index (χ2v) is 12.7. The van der Waals surface area contributed by atoms with Crippen LogP contribution in [0, 0.1) is 13.8 Å². The fourth-order valence-electron chi connectivity index (χ4n) is 5.52. The molecule has 3 N–H and O–H groups in total. The normalized spacial score (nSPS) is 16.8. The number of hydrogen-bond acceptors (Lipinski definition) is 7. The molecule has 2 saturated heterocycles. The summed E-state index contributed by atoms with van der Waals surface area (Å²) in [6, 6.07) is 20.7. The maximum absolute atomic E-state index is 13.2. The molecule has 2 fully saturated rings. The summed E-state index contributed by atoms with van der Waals surface area (Å²) < 4.78 is 35.4. The number of sulfonamides is 1. The third-order valence-corrected chi connectivity index (χ3v) is 9.71. The Morgan fingerprint density at radius 2 is 1.56 bits per heavy atom. The third-order valence-electron chi connectivity index (χ3n) is 7.82. The molecule has 2 aliphatic heterocycles. The zero-order valence-electron chi connectivity index (χ0n) is 24.6. The Labute approximate surface area is 252 Å². The lowest BCUT2D eigenvalue weighted by molar-refractivity contribution is -0.159. The van der Waals surface area contributed by atoms with Crippen LogP contribution in [-0.2, 0) is 37.4 Å². The molecule has 1 aromatic heterocycles. The fraction of sp³-hybridized carbons (Fsp3) is 0.419. The summed E-state index contributed by atoms with van der Waals surface area (Å²) in [6.07, 6.45) is 2.29. The first-order valence-corrected chi connectivity index (χ1v) is 15.8. The number of likely N-dealkylation sites (tertiary alicyclic amines) is 1. The van der Waals surface area contributed by atoms with E-state index >= 15 is 0 Å². The zero-order chi connectivity index (χ0) is 31.0. The minimum absolute atomic E-state index is 0.335. The first-order chi connectivity index (χ1) is 20.6. The number of aromatic nitrogens is 1. The monoisotopic (exact) mass is 612 g/mol. The van der Waals surface area contributed by atoms with Crippen molar-refractivity contribution in [1.82, 2.24) is 19.1 Å². The van der Waals surface area contributed by atoms with Crippen molar-refractivity contribution in [2.75, 3.05) is 39.4 Å². The average Bonchev–Trinajstić information content (AvgIpc) is 3.30. The van der Waals surface area contributed by atoms with Gasteiger partial charge in [0.15, 0.2) is 0 Å². The van der Waals surface area contributed by atoms with Gasteiger partial charge in [0.2, 0.25) is 10.0 Å². The molecule has 2 aromatic carbocycles. The number of hydrogen-bond donors (Lipinski definition) is 3. The Bertz CT molecular complexity index is 1480. The highest BCUT2D eigenvalue weighted by atomic mass is 32.2. The van der Waals surface area contributed by atoms with Gasteiger partial charge in [0.25, 0.3) is 0 Å². The van der Waals surface area contributed by atoms with E-state index in [1.54, 1.807) is 12.1 Å². The van der Waals surface area contributed by atoms with Gasteiger partial charge in [-0.1, -0.05) is 36.4 Å². The van der Waals surface area contributed by atoms with Crippen LogP contribution < -0.4 is 5.32 Å². The van der Waals surface area contributed by atoms with Gasteiger partial charge in [0.1, 0.15) is 0 Å². The molecular weight excluding hydrogens is 572 g/mol. The van der Waals surface area contributed by atoms with Gasteiger partial charge in [-0.05, 0) is 75.2 Å². The van der Waals surface area contributed by atoms with E-state index in [9.17, 15) is 8.42 Å². The number of benzene rings is 2. The van der Waals surface area contributed by atoms with Gasteiger partial charge in [-0.15, -0.1) is 0 Å². The van der Waals surface area contributed by atoms with Gasteiger partial charge in [0, 0.05) is 49.3 Å². The summed E-state index contributed by atoms with van der Waals surface area (Å²) in [5, 5.41) is 18.6. The quantitative estimate of drug-likeness (QED) is 0.327. The van der Waals surface area contributed by atoms with E-state index in [2.05, 4.69) is 65.0 Å². The Balaban J connectivity index is 0.000000641. The van der Waals surface area contributed by atoms with E-state index in [4.69, 9.17) is 24.5 Å². The number of rotatable bonds is 8. The van der Waals surface area contributed by atoms with Crippen LogP contribution in [0.4, 0.5) is 0 Å². The molecule has 3 aromatic rings. The highest BCUT2D eigenvalue weighted by molar-refractivity contribution is 7.89. The molecule has 12 heteroatoms. The van der Waals surface area contributed by atoms with Crippen molar-refractivity contribution in [3.63, 3.8) is 0 Å². The molecule has 2 aliphatic rings. The fourth-order valence-corrected chi connectivity index (χ4v) is 6.96. The highest BCUT2D eigenvalue weighted by Crippen LogP contribution is 2.25. The largest absolute Gasteiger partial charge is 0.473 e. The van der Waals surface area contributed by atoms with Crippen LogP contribution in [0.2, 0.25) is 0 Å². The molecule has 232 valence electrons. The summed E-state index contributed by atoms with van der Waals surface area (Å²) in [4.78, 5) is 21.1. The number of aryl methyl sites for hydroxylation is 1. The minimum Gasteiger partial charge on any atom is -0.473 e. The molecule has 0 unspecified atom stereocenters. The number of nitrogens with zero attached hydrogens (tertiary/aromatic N) is 3. The number of ether oxygens (including phenoxy) is 1. The lowest BCUT2D eigenvalue weighted by Crippen LogP contribution is -2.41. The average molecular weight is 613 g/mol. The van der Waals surface area contributed by atoms with Gasteiger partial charge >= 0.3 is 11.9 Å². The molecule has 0 atom stereocenters. The Kier molecular flexibility index (Phi) is 11.1. The number of carboxylic acids is 2. The van der Waals surface area contributed by atoms with Crippen molar-refractivity contribution in [3.05, 3.63) is 83.2 Å². The van der Waals surface area contributed by atoms with Crippen LogP contribution in [0.15, 0.2) is 65.6 Å². The standard InChI is InChI=1S/C29H38N4O3S.C2H2O4/c1-23-19-26(21-30-27-11-13-31(14-12-27)22-25-7-4-3-5-8-25)24(2)33(23)28-9-6-10-29(20-28)37(34,35)32-15-17-36-18-16-32;3-1(4)2(5)6/h3-10,19-20,27,30H,11-18,21-22H2,1-2H3;(H,3,4)(H,5,6). The lowest BCUT2D eigenvalue weighted by atomic mass is 10.0. The first kappa shape index (κ1) is 32.4. The maximum atomic E-state index is 13.2. The molecule has 3 heterocycles. The molecule has 0 bridgehead atoms. The van der Waals surface area contributed by atoms with E-state index in [1.807, 2.05) is 12.1 Å². The smallest absolute Gasteiger partial charge is 0.414 e. The van der Waals surface area contributed by atoms with Crippen molar-refractivity contribution in [2.45, 2.75) is 50.7 Å². The number of carbonyl (C=O) groups is 2. The van der Waals surface area contributed by atoms with Gasteiger partial charge in [-0.3, -0.25) is 4.90 Å². The Morgan fingerprint density at radius 1 is 0.907 bits per heavy atom. The maximum Gasteiger partial charge on any atom is 0.414 e. The SMILES string of the molecule is Cc1cc(CNC2CCN(Cc3ccccc3)CC2)c(C)n1-c1cccc(S(=O)(=O)N2CCOCC2)c1.O=C(O)C(=O)O. The van der Waals surface area contributed by atoms with Crippen LogP contribution in [0.1, 0.15) is 35.4 Å². The number of carboxylic acid groups (broad SMARTS) is 2. The van der Waals surface area contributed by atoms with E-state index < -0.39 is 22.0 Å². The van der Waals surface area contributed by atoms with Crippen molar-refractivity contribution in [1.29, 1.82) is 0 Å². The molecule has 5 rings (SSSR count). The van der Waals surface area contributed by atoms with E-state index in [1.165, 1.54) is 15.4 Å². The van der Waals surface area contributed by atoms with E-state index in [0.29, 0.717) is 37.2 Å². The second kappa shape index (κ2) is 14.8. The number of aliphatic carboxylic acids is 2. The molecule has 0 spiro atoms. The van der Waals surface area contributed by atoms with Crippen LogP contribution >= 0.6 is 0 Å². The van der Waals surface area contributed by atoms with Crippen molar-refractivity contribution in [2.24, 2.45) is 0 Å². The lowest BCUT2D eigenvalue weighted by Gasteiger charge is -2.32.